The summed E-state index contributed by atoms with van der Waals surface area (Å²) in [5.74, 6) is -0.0784. The zero-order valence-corrected chi connectivity index (χ0v) is 19.8. The molecule has 2 saturated heterocycles. The van der Waals surface area contributed by atoms with E-state index in [1.54, 1.807) is 23.2 Å². The van der Waals surface area contributed by atoms with E-state index in [-0.39, 0.29) is 29.8 Å². The average molecular weight is 465 g/mol. The lowest BCUT2D eigenvalue weighted by Crippen LogP contribution is -2.57. The summed E-state index contributed by atoms with van der Waals surface area (Å²) >= 11 is 0. The molecule has 1 spiro atoms. The molecule has 3 heterocycles. The van der Waals surface area contributed by atoms with Crippen LogP contribution >= 0.6 is 0 Å². The Hall–Kier alpha value is -2.94. The van der Waals surface area contributed by atoms with Crippen molar-refractivity contribution in [2.24, 2.45) is 14.1 Å². The summed E-state index contributed by atoms with van der Waals surface area (Å²) in [5.41, 5.74) is 3.11. The first-order chi connectivity index (χ1) is 16.4. The van der Waals surface area contributed by atoms with Crippen molar-refractivity contribution in [3.63, 3.8) is 0 Å². The zero-order chi connectivity index (χ0) is 23.7. The van der Waals surface area contributed by atoms with Gasteiger partial charge in [-0.3, -0.25) is 18.8 Å². The molecule has 0 unspecified atom stereocenters. The van der Waals surface area contributed by atoms with E-state index in [4.69, 9.17) is 9.47 Å². The number of hydrogen-bond acceptors (Lipinski definition) is 5. The molecule has 1 N–H and O–H groups in total. The minimum absolute atomic E-state index is 0.0769. The molecular formula is C26H32N4O4. The first-order valence-electron chi connectivity index (χ1n) is 11.9. The molecule has 2 atom stereocenters. The van der Waals surface area contributed by atoms with Gasteiger partial charge in [-0.15, -0.1) is 0 Å². The molecule has 0 radical (unpaired) electrons. The molecule has 2 aromatic carbocycles. The van der Waals surface area contributed by atoms with E-state index in [0.29, 0.717) is 18.8 Å². The smallest absolute Gasteiger partial charge is 0.328 e. The summed E-state index contributed by atoms with van der Waals surface area (Å²) in [5, 5.41) is 2.99. The number of fused-ring (bicyclic) bond motifs is 1. The predicted octanol–water partition coefficient (Wildman–Crippen LogP) is 2.66. The van der Waals surface area contributed by atoms with Crippen LogP contribution in [0.5, 0.6) is 0 Å². The normalized spacial score (nSPS) is 23.1. The molecule has 1 aromatic heterocycles. The fraction of sp³-hybridized carbons (Fsp3) is 0.462. The monoisotopic (exact) mass is 464 g/mol. The van der Waals surface area contributed by atoms with Gasteiger partial charge in [0.05, 0.1) is 35.9 Å². The molecule has 0 bridgehead atoms. The summed E-state index contributed by atoms with van der Waals surface area (Å²) in [4.78, 5) is 27.2. The Morgan fingerprint density at radius 3 is 2.68 bits per heavy atom. The molecule has 2 fully saturated rings. The number of imidazole rings is 1. The van der Waals surface area contributed by atoms with E-state index < -0.39 is 0 Å². The van der Waals surface area contributed by atoms with Gasteiger partial charge in [-0.2, -0.15) is 0 Å². The molecule has 8 heteroatoms. The number of ether oxygens (including phenoxy) is 2. The van der Waals surface area contributed by atoms with Gasteiger partial charge in [0.15, 0.2) is 0 Å². The van der Waals surface area contributed by atoms with Crippen molar-refractivity contribution in [3.8, 4) is 0 Å². The SMILES string of the molecule is Cn1c(=O)n(C)c2cc(NC(=O)CN3CC[C@]4(CCCO4)[C@H](OCc4ccccc4)C3)ccc21. The number of rotatable bonds is 6. The van der Waals surface area contributed by atoms with Crippen LogP contribution in [0.1, 0.15) is 24.8 Å². The van der Waals surface area contributed by atoms with E-state index >= 15 is 0 Å². The number of piperidine rings is 1. The standard InChI is InChI=1S/C26H32N4O4/c1-28-21-10-9-20(15-22(21)29(2)25(28)32)27-24(31)17-30-13-12-26(11-6-14-34-26)23(16-30)33-18-19-7-4-3-5-8-19/h3-5,7-10,15,23H,6,11-14,16-18H2,1-2H3,(H,27,31)/t23-,26-/m1/s1. The molecule has 5 rings (SSSR count). The third kappa shape index (κ3) is 4.41. The molecule has 34 heavy (non-hydrogen) atoms. The highest BCUT2D eigenvalue weighted by atomic mass is 16.6. The number of aromatic nitrogens is 2. The van der Waals surface area contributed by atoms with Gasteiger partial charge >= 0.3 is 5.69 Å². The second-order valence-corrected chi connectivity index (χ2v) is 9.44. The van der Waals surface area contributed by atoms with Gasteiger partial charge in [-0.1, -0.05) is 30.3 Å². The molecule has 0 aliphatic carbocycles. The van der Waals surface area contributed by atoms with Crippen LogP contribution in [0.15, 0.2) is 53.3 Å². The number of benzene rings is 2. The van der Waals surface area contributed by atoms with Gasteiger partial charge in [0.1, 0.15) is 0 Å². The maximum atomic E-state index is 12.9. The highest BCUT2D eigenvalue weighted by Gasteiger charge is 2.47. The molecule has 2 aliphatic heterocycles. The molecule has 8 nitrogen and oxygen atoms in total. The number of anilines is 1. The minimum atomic E-state index is -0.245. The van der Waals surface area contributed by atoms with E-state index in [9.17, 15) is 9.59 Å². The second-order valence-electron chi connectivity index (χ2n) is 9.44. The molecular weight excluding hydrogens is 432 g/mol. The zero-order valence-electron chi connectivity index (χ0n) is 19.8. The summed E-state index contributed by atoms with van der Waals surface area (Å²) in [6.45, 7) is 3.05. The molecule has 0 saturated carbocycles. The van der Waals surface area contributed by atoms with Crippen LogP contribution in [-0.4, -0.2) is 57.9 Å². The second kappa shape index (κ2) is 9.37. The number of amides is 1. The summed E-state index contributed by atoms with van der Waals surface area (Å²) in [7, 11) is 3.48. The van der Waals surface area contributed by atoms with Crippen molar-refractivity contribution in [3.05, 3.63) is 64.6 Å². The van der Waals surface area contributed by atoms with Gasteiger partial charge in [0.2, 0.25) is 5.91 Å². The Morgan fingerprint density at radius 1 is 1.12 bits per heavy atom. The van der Waals surface area contributed by atoms with Gasteiger partial charge in [0, 0.05) is 39.5 Å². The van der Waals surface area contributed by atoms with E-state index in [1.807, 2.05) is 36.4 Å². The fourth-order valence-electron chi connectivity index (χ4n) is 5.28. The van der Waals surface area contributed by atoms with Crippen LogP contribution in [0.25, 0.3) is 11.0 Å². The Kier molecular flexibility index (Phi) is 6.29. The number of hydrogen-bond donors (Lipinski definition) is 1. The van der Waals surface area contributed by atoms with E-state index in [1.165, 1.54) is 0 Å². The molecule has 2 aliphatic rings. The van der Waals surface area contributed by atoms with Crippen LogP contribution in [0.2, 0.25) is 0 Å². The fourth-order valence-corrected chi connectivity index (χ4v) is 5.28. The van der Waals surface area contributed by atoms with Crippen LogP contribution in [-0.2, 0) is 35.0 Å². The molecule has 3 aromatic rings. The molecule has 1 amide bonds. The third-order valence-electron chi connectivity index (χ3n) is 7.21. The summed E-state index contributed by atoms with van der Waals surface area (Å²) in [6, 6.07) is 15.7. The Labute approximate surface area is 199 Å². The number of aryl methyl sites for hydroxylation is 2. The lowest BCUT2D eigenvalue weighted by Gasteiger charge is -2.44. The number of carbonyl (C=O) groups excluding carboxylic acids is 1. The molecule has 180 valence electrons. The third-order valence-corrected chi connectivity index (χ3v) is 7.21. The first kappa shape index (κ1) is 22.8. The maximum absolute atomic E-state index is 12.9. The van der Waals surface area contributed by atoms with Crippen molar-refractivity contribution in [2.75, 3.05) is 31.6 Å². The van der Waals surface area contributed by atoms with Gasteiger partial charge in [0.25, 0.3) is 0 Å². The van der Waals surface area contributed by atoms with Gasteiger partial charge in [-0.25, -0.2) is 4.79 Å². The van der Waals surface area contributed by atoms with Crippen molar-refractivity contribution in [2.45, 2.75) is 37.6 Å². The maximum Gasteiger partial charge on any atom is 0.328 e. The predicted molar refractivity (Wildman–Crippen MR) is 131 cm³/mol. The van der Waals surface area contributed by atoms with Crippen LogP contribution in [0.4, 0.5) is 5.69 Å². The highest BCUT2D eigenvalue weighted by molar-refractivity contribution is 5.94. The Balaban J connectivity index is 1.24. The van der Waals surface area contributed by atoms with Gasteiger partial charge in [-0.05, 0) is 43.0 Å². The van der Waals surface area contributed by atoms with Crippen molar-refractivity contribution in [1.82, 2.24) is 14.0 Å². The minimum Gasteiger partial charge on any atom is -0.372 e. The largest absolute Gasteiger partial charge is 0.372 e. The van der Waals surface area contributed by atoms with E-state index in [0.717, 1.165) is 49.0 Å². The van der Waals surface area contributed by atoms with Gasteiger partial charge < -0.3 is 14.8 Å². The van der Waals surface area contributed by atoms with Crippen molar-refractivity contribution < 1.29 is 14.3 Å². The van der Waals surface area contributed by atoms with Crippen molar-refractivity contribution in [1.29, 1.82) is 0 Å². The number of carbonyl (C=O) groups is 1. The van der Waals surface area contributed by atoms with Crippen LogP contribution < -0.4 is 11.0 Å². The van der Waals surface area contributed by atoms with Crippen LogP contribution in [0, 0.1) is 0 Å². The number of likely N-dealkylation sites (tertiary alicyclic amines) is 1. The average Bonchev–Trinajstić information content (AvgIpc) is 3.40. The summed E-state index contributed by atoms with van der Waals surface area (Å²) < 4.78 is 15.8. The lowest BCUT2D eigenvalue weighted by molar-refractivity contribution is -0.159. The quantitative estimate of drug-likeness (QED) is 0.607. The highest BCUT2D eigenvalue weighted by Crippen LogP contribution is 2.38. The van der Waals surface area contributed by atoms with E-state index in [2.05, 4.69) is 22.3 Å². The number of nitrogens with zero attached hydrogens (tertiary/aromatic N) is 3. The topological polar surface area (TPSA) is 77.7 Å². The Bertz CT molecular complexity index is 1230. The summed E-state index contributed by atoms with van der Waals surface area (Å²) in [6.07, 6.45) is 2.84. The van der Waals surface area contributed by atoms with Crippen molar-refractivity contribution >= 4 is 22.6 Å². The number of nitrogens with one attached hydrogen (secondary N) is 1. The van der Waals surface area contributed by atoms with Crippen LogP contribution in [0.3, 0.4) is 0 Å². The lowest BCUT2D eigenvalue weighted by atomic mass is 9.85. The Morgan fingerprint density at radius 2 is 1.91 bits per heavy atom. The first-order valence-corrected chi connectivity index (χ1v) is 11.9.